The summed E-state index contributed by atoms with van der Waals surface area (Å²) in [5.41, 5.74) is 1.22. The van der Waals surface area contributed by atoms with Crippen LogP contribution in [-0.4, -0.2) is 29.1 Å². The maximum absolute atomic E-state index is 11.0. The fourth-order valence-electron chi connectivity index (χ4n) is 2.66. The Kier molecular flexibility index (Phi) is 4.25. The van der Waals surface area contributed by atoms with Crippen LogP contribution in [-0.2, 0) is 4.79 Å². The second-order valence-electron chi connectivity index (χ2n) is 4.79. The Morgan fingerprint density at radius 2 is 2.17 bits per heavy atom. The smallest absolute Gasteiger partial charge is 0.307 e. The number of benzene rings is 1. The summed E-state index contributed by atoms with van der Waals surface area (Å²) in [7, 11) is 0. The molecule has 2 rings (SSSR count). The lowest BCUT2D eigenvalue weighted by molar-refractivity contribution is -0.141. The summed E-state index contributed by atoms with van der Waals surface area (Å²) in [4.78, 5) is 13.3. The minimum atomic E-state index is -0.677. The number of carboxylic acid groups (broad SMARTS) is 1. The van der Waals surface area contributed by atoms with Crippen LogP contribution in [0, 0.1) is 5.92 Å². The molecule has 1 heterocycles. The Balaban J connectivity index is 2.10. The van der Waals surface area contributed by atoms with Gasteiger partial charge in [-0.3, -0.25) is 9.69 Å². The lowest BCUT2D eigenvalue weighted by atomic mass is 10.0. The minimum absolute atomic E-state index is 0.216. The molecule has 18 heavy (non-hydrogen) atoms. The molecule has 0 saturated carbocycles. The third-order valence-corrected chi connectivity index (χ3v) is 3.90. The Bertz CT molecular complexity index is 418. The molecule has 1 aliphatic heterocycles. The van der Waals surface area contributed by atoms with Crippen molar-refractivity contribution in [1.82, 2.24) is 4.90 Å². The van der Waals surface area contributed by atoms with Crippen LogP contribution in [0.25, 0.3) is 0 Å². The Hall–Kier alpha value is -1.06. The number of likely N-dealkylation sites (tertiary alicyclic amines) is 1. The zero-order valence-electron chi connectivity index (χ0n) is 10.5. The number of aliphatic carboxylic acids is 1. The maximum Gasteiger partial charge on any atom is 0.307 e. The van der Waals surface area contributed by atoms with Crippen LogP contribution in [0.1, 0.15) is 31.4 Å². The molecule has 0 unspecified atom stereocenters. The van der Waals surface area contributed by atoms with Crippen molar-refractivity contribution in [3.8, 4) is 0 Å². The molecule has 1 aromatic carbocycles. The summed E-state index contributed by atoms with van der Waals surface area (Å²) >= 11 is 5.89. The van der Waals surface area contributed by atoms with Crippen molar-refractivity contribution >= 4 is 17.6 Å². The molecule has 1 aromatic rings. The fraction of sp³-hybridized carbons (Fsp3) is 0.500. The van der Waals surface area contributed by atoms with Gasteiger partial charge in [0.15, 0.2) is 0 Å². The third kappa shape index (κ3) is 2.85. The van der Waals surface area contributed by atoms with Crippen LogP contribution < -0.4 is 0 Å². The molecule has 2 atom stereocenters. The first-order chi connectivity index (χ1) is 8.61. The van der Waals surface area contributed by atoms with Crippen molar-refractivity contribution in [2.24, 2.45) is 5.92 Å². The van der Waals surface area contributed by atoms with Crippen LogP contribution in [0.5, 0.6) is 0 Å². The van der Waals surface area contributed by atoms with Gasteiger partial charge in [-0.15, -0.1) is 0 Å². The van der Waals surface area contributed by atoms with Gasteiger partial charge in [0.2, 0.25) is 0 Å². The molecule has 0 radical (unpaired) electrons. The van der Waals surface area contributed by atoms with E-state index in [2.05, 4.69) is 11.8 Å². The predicted octanol–water partition coefficient (Wildman–Crippen LogP) is 3.20. The summed E-state index contributed by atoms with van der Waals surface area (Å²) in [6.45, 7) is 3.64. The number of nitrogens with zero attached hydrogens (tertiary/aromatic N) is 1. The number of halogens is 1. The zero-order valence-corrected chi connectivity index (χ0v) is 11.2. The molecule has 0 spiro atoms. The van der Waals surface area contributed by atoms with Crippen LogP contribution >= 0.6 is 11.6 Å². The van der Waals surface area contributed by atoms with Crippen molar-refractivity contribution in [3.63, 3.8) is 0 Å². The summed E-state index contributed by atoms with van der Waals surface area (Å²) in [6, 6.07) is 8.15. The highest BCUT2D eigenvalue weighted by Gasteiger charge is 2.31. The molecule has 0 amide bonds. The number of rotatable bonds is 4. The van der Waals surface area contributed by atoms with E-state index >= 15 is 0 Å². The monoisotopic (exact) mass is 267 g/mol. The highest BCUT2D eigenvalue weighted by Crippen LogP contribution is 2.30. The van der Waals surface area contributed by atoms with E-state index in [1.165, 1.54) is 5.56 Å². The normalized spacial score (nSPS) is 22.0. The molecule has 98 valence electrons. The van der Waals surface area contributed by atoms with Gasteiger partial charge in [0, 0.05) is 17.6 Å². The SMILES string of the molecule is CC[C@H](c1ccc(Cl)cc1)N1CC[C@H](C(=O)O)C1. The zero-order chi connectivity index (χ0) is 13.1. The van der Waals surface area contributed by atoms with E-state index < -0.39 is 5.97 Å². The van der Waals surface area contributed by atoms with Crippen molar-refractivity contribution in [2.45, 2.75) is 25.8 Å². The lowest BCUT2D eigenvalue weighted by Crippen LogP contribution is -2.27. The van der Waals surface area contributed by atoms with Gasteiger partial charge in [0.25, 0.3) is 0 Å². The van der Waals surface area contributed by atoms with Crippen LogP contribution in [0.4, 0.5) is 0 Å². The molecule has 1 saturated heterocycles. The van der Waals surface area contributed by atoms with E-state index in [0.29, 0.717) is 12.6 Å². The van der Waals surface area contributed by atoms with Crippen LogP contribution in [0.15, 0.2) is 24.3 Å². The molecule has 0 aromatic heterocycles. The number of carboxylic acids is 1. The Morgan fingerprint density at radius 3 is 2.67 bits per heavy atom. The first-order valence-electron chi connectivity index (χ1n) is 6.34. The van der Waals surface area contributed by atoms with Crippen molar-refractivity contribution in [3.05, 3.63) is 34.9 Å². The second-order valence-corrected chi connectivity index (χ2v) is 5.23. The third-order valence-electron chi connectivity index (χ3n) is 3.65. The van der Waals surface area contributed by atoms with Crippen LogP contribution in [0.2, 0.25) is 5.02 Å². The number of carbonyl (C=O) groups is 1. The summed E-state index contributed by atoms with van der Waals surface area (Å²) < 4.78 is 0. The standard InChI is InChI=1S/C14H18ClNO2/c1-2-13(10-3-5-12(15)6-4-10)16-8-7-11(9-16)14(17)18/h3-6,11,13H,2,7-9H2,1H3,(H,17,18)/t11-,13+/m0/s1. The summed E-state index contributed by atoms with van der Waals surface area (Å²) in [5, 5.41) is 9.78. The molecular weight excluding hydrogens is 250 g/mol. The van der Waals surface area contributed by atoms with E-state index in [0.717, 1.165) is 24.4 Å². The molecular formula is C14H18ClNO2. The number of hydrogen-bond acceptors (Lipinski definition) is 2. The Labute approximate surface area is 112 Å². The molecule has 0 bridgehead atoms. The van der Waals surface area contributed by atoms with E-state index in [4.69, 9.17) is 16.7 Å². The largest absolute Gasteiger partial charge is 0.481 e. The van der Waals surface area contributed by atoms with Gasteiger partial charge in [-0.05, 0) is 37.1 Å². The van der Waals surface area contributed by atoms with Gasteiger partial charge in [-0.1, -0.05) is 30.7 Å². The molecule has 4 heteroatoms. The topological polar surface area (TPSA) is 40.5 Å². The van der Waals surface area contributed by atoms with E-state index in [9.17, 15) is 4.79 Å². The molecule has 3 nitrogen and oxygen atoms in total. The summed E-state index contributed by atoms with van der Waals surface area (Å²) in [6.07, 6.45) is 1.73. The van der Waals surface area contributed by atoms with E-state index in [1.54, 1.807) is 0 Å². The van der Waals surface area contributed by atoms with Crippen molar-refractivity contribution in [1.29, 1.82) is 0 Å². The first kappa shape index (κ1) is 13.4. The highest BCUT2D eigenvalue weighted by molar-refractivity contribution is 6.30. The molecule has 1 aliphatic rings. The minimum Gasteiger partial charge on any atom is -0.481 e. The number of hydrogen-bond donors (Lipinski definition) is 1. The van der Waals surface area contributed by atoms with Gasteiger partial charge < -0.3 is 5.11 Å². The van der Waals surface area contributed by atoms with Gasteiger partial charge in [0.05, 0.1) is 5.92 Å². The molecule has 1 N–H and O–H groups in total. The lowest BCUT2D eigenvalue weighted by Gasteiger charge is -2.27. The highest BCUT2D eigenvalue weighted by atomic mass is 35.5. The average molecular weight is 268 g/mol. The van der Waals surface area contributed by atoms with Gasteiger partial charge >= 0.3 is 5.97 Å². The predicted molar refractivity (Wildman–Crippen MR) is 71.8 cm³/mol. The van der Waals surface area contributed by atoms with Gasteiger partial charge in [-0.2, -0.15) is 0 Å². The second kappa shape index (κ2) is 5.72. The maximum atomic E-state index is 11.0. The summed E-state index contributed by atoms with van der Waals surface area (Å²) in [5.74, 6) is -0.894. The van der Waals surface area contributed by atoms with E-state index in [1.807, 2.05) is 24.3 Å². The average Bonchev–Trinajstić information content (AvgIpc) is 2.82. The van der Waals surface area contributed by atoms with Gasteiger partial charge in [0.1, 0.15) is 0 Å². The van der Waals surface area contributed by atoms with Gasteiger partial charge in [-0.25, -0.2) is 0 Å². The van der Waals surface area contributed by atoms with Crippen molar-refractivity contribution < 1.29 is 9.90 Å². The van der Waals surface area contributed by atoms with Crippen molar-refractivity contribution in [2.75, 3.05) is 13.1 Å². The molecule has 1 fully saturated rings. The Morgan fingerprint density at radius 1 is 1.50 bits per heavy atom. The first-order valence-corrected chi connectivity index (χ1v) is 6.72. The quantitative estimate of drug-likeness (QED) is 0.911. The van der Waals surface area contributed by atoms with Crippen LogP contribution in [0.3, 0.4) is 0 Å². The van der Waals surface area contributed by atoms with E-state index in [-0.39, 0.29) is 5.92 Å². The fourth-order valence-corrected chi connectivity index (χ4v) is 2.79. The molecule has 0 aliphatic carbocycles.